The molecule has 1 heterocycles. The first-order chi connectivity index (χ1) is 9.08. The Bertz CT molecular complexity index is 441. The van der Waals surface area contributed by atoms with Crippen LogP contribution in [0.4, 0.5) is 0 Å². The number of hydrogen-bond donors (Lipinski definition) is 1. The van der Waals surface area contributed by atoms with Crippen LogP contribution in [0, 0.1) is 0 Å². The molecule has 0 radical (unpaired) electrons. The van der Waals surface area contributed by atoms with Gasteiger partial charge in [-0.05, 0) is 38.1 Å². The molecule has 0 aromatic heterocycles. The summed E-state index contributed by atoms with van der Waals surface area (Å²) in [7, 11) is 0. The van der Waals surface area contributed by atoms with E-state index in [0.717, 1.165) is 24.1 Å². The van der Waals surface area contributed by atoms with Gasteiger partial charge in [-0.25, -0.2) is 0 Å². The van der Waals surface area contributed by atoms with E-state index in [1.54, 1.807) is 6.92 Å². The van der Waals surface area contributed by atoms with E-state index < -0.39 is 6.10 Å². The summed E-state index contributed by atoms with van der Waals surface area (Å²) in [5.74, 6) is 0.767. The average Bonchev–Trinajstić information content (AvgIpc) is 2.41. The summed E-state index contributed by atoms with van der Waals surface area (Å²) < 4.78 is 6.70. The summed E-state index contributed by atoms with van der Waals surface area (Å²) in [5.41, 5.74) is 0. The lowest BCUT2D eigenvalue weighted by atomic mass is 10.2. The topological polar surface area (TPSA) is 41.6 Å². The maximum atomic E-state index is 12.3. The number of rotatable bonds is 3. The van der Waals surface area contributed by atoms with Crippen LogP contribution in [0.1, 0.15) is 13.8 Å². The molecule has 0 bridgehead atoms. The van der Waals surface area contributed by atoms with Crippen molar-refractivity contribution >= 4 is 34.2 Å². The lowest BCUT2D eigenvalue weighted by Crippen LogP contribution is -2.55. The van der Waals surface area contributed by atoms with Gasteiger partial charge in [0.1, 0.15) is 5.75 Å². The van der Waals surface area contributed by atoms with Gasteiger partial charge in [-0.3, -0.25) is 4.79 Å². The smallest absolute Gasteiger partial charge is 0.263 e. The lowest BCUT2D eigenvalue weighted by Gasteiger charge is -2.35. The molecule has 6 heteroatoms. The molecular weight excluding hydrogens is 344 g/mol. The minimum atomic E-state index is -0.457. The molecule has 1 aliphatic heterocycles. The molecule has 0 spiro atoms. The van der Waals surface area contributed by atoms with Crippen molar-refractivity contribution < 1.29 is 9.53 Å². The van der Waals surface area contributed by atoms with Crippen molar-refractivity contribution in [2.75, 3.05) is 19.6 Å². The van der Waals surface area contributed by atoms with Gasteiger partial charge in [-0.2, -0.15) is 0 Å². The van der Waals surface area contributed by atoms with Crippen LogP contribution in [0.15, 0.2) is 28.7 Å². The minimum absolute atomic E-state index is 0. The normalized spacial score (nSPS) is 19.9. The lowest BCUT2D eigenvalue weighted by molar-refractivity contribution is -0.140. The van der Waals surface area contributed by atoms with Crippen LogP contribution < -0.4 is 10.1 Å². The number of piperazine rings is 1. The summed E-state index contributed by atoms with van der Waals surface area (Å²) in [4.78, 5) is 14.2. The molecule has 2 rings (SSSR count). The van der Waals surface area contributed by atoms with Gasteiger partial charge in [0.25, 0.3) is 5.91 Å². The van der Waals surface area contributed by atoms with Crippen molar-refractivity contribution in [3.8, 4) is 5.75 Å². The average molecular weight is 364 g/mol. The zero-order chi connectivity index (χ0) is 13.8. The number of carbonyl (C=O) groups is 1. The highest BCUT2D eigenvalue weighted by molar-refractivity contribution is 9.10. The molecule has 0 saturated carbocycles. The van der Waals surface area contributed by atoms with Crippen molar-refractivity contribution in [1.82, 2.24) is 10.2 Å². The monoisotopic (exact) mass is 362 g/mol. The number of carbonyl (C=O) groups excluding carboxylic acids is 1. The number of nitrogens with one attached hydrogen (secondary N) is 1. The van der Waals surface area contributed by atoms with Crippen molar-refractivity contribution in [3.05, 3.63) is 28.7 Å². The van der Waals surface area contributed by atoms with Gasteiger partial charge in [0, 0.05) is 30.1 Å². The Morgan fingerprint density at radius 2 is 2.10 bits per heavy atom. The molecule has 4 nitrogen and oxygen atoms in total. The molecule has 1 saturated heterocycles. The van der Waals surface area contributed by atoms with Crippen molar-refractivity contribution in [2.45, 2.75) is 26.0 Å². The Labute approximate surface area is 134 Å². The first-order valence-electron chi connectivity index (χ1n) is 6.51. The van der Waals surface area contributed by atoms with Gasteiger partial charge in [0.05, 0.1) is 0 Å². The number of benzene rings is 1. The zero-order valence-corrected chi connectivity index (χ0v) is 14.0. The van der Waals surface area contributed by atoms with E-state index in [1.807, 2.05) is 29.2 Å². The third-order valence-electron chi connectivity index (χ3n) is 3.26. The maximum Gasteiger partial charge on any atom is 0.263 e. The Kier molecular flexibility index (Phi) is 6.79. The highest BCUT2D eigenvalue weighted by atomic mass is 79.9. The van der Waals surface area contributed by atoms with Gasteiger partial charge in [0.2, 0.25) is 0 Å². The van der Waals surface area contributed by atoms with E-state index in [2.05, 4.69) is 28.2 Å². The zero-order valence-electron chi connectivity index (χ0n) is 11.6. The molecule has 1 aromatic carbocycles. The SMILES string of the molecule is CC(Oc1ccc(Br)cc1)C(=O)N1CCNCC1C.Cl. The van der Waals surface area contributed by atoms with Crippen LogP contribution in [0.5, 0.6) is 5.75 Å². The van der Waals surface area contributed by atoms with Gasteiger partial charge < -0.3 is 15.0 Å². The molecule has 1 aliphatic rings. The van der Waals surface area contributed by atoms with Gasteiger partial charge in [-0.1, -0.05) is 15.9 Å². The van der Waals surface area contributed by atoms with Crippen molar-refractivity contribution in [3.63, 3.8) is 0 Å². The first-order valence-corrected chi connectivity index (χ1v) is 7.30. The molecule has 112 valence electrons. The molecule has 2 unspecified atom stereocenters. The molecule has 20 heavy (non-hydrogen) atoms. The van der Waals surface area contributed by atoms with E-state index in [4.69, 9.17) is 4.74 Å². The molecular formula is C14H20BrClN2O2. The van der Waals surface area contributed by atoms with Gasteiger partial charge >= 0.3 is 0 Å². The van der Waals surface area contributed by atoms with E-state index in [0.29, 0.717) is 5.75 Å². The summed E-state index contributed by atoms with van der Waals surface area (Å²) in [6, 6.07) is 7.74. The highest BCUT2D eigenvalue weighted by Crippen LogP contribution is 2.18. The van der Waals surface area contributed by atoms with E-state index in [9.17, 15) is 4.79 Å². The van der Waals surface area contributed by atoms with Crippen molar-refractivity contribution in [1.29, 1.82) is 0 Å². The fourth-order valence-electron chi connectivity index (χ4n) is 2.17. The van der Waals surface area contributed by atoms with Crippen LogP contribution in [0.2, 0.25) is 0 Å². The summed E-state index contributed by atoms with van der Waals surface area (Å²) >= 11 is 3.37. The van der Waals surface area contributed by atoms with Gasteiger partial charge in [0.15, 0.2) is 6.10 Å². The van der Waals surface area contributed by atoms with Crippen molar-refractivity contribution in [2.24, 2.45) is 0 Å². The predicted molar refractivity (Wildman–Crippen MR) is 85.5 cm³/mol. The van der Waals surface area contributed by atoms with Crippen LogP contribution in [-0.2, 0) is 4.79 Å². The summed E-state index contributed by atoms with van der Waals surface area (Å²) in [6.07, 6.45) is -0.457. The fourth-order valence-corrected chi connectivity index (χ4v) is 2.43. The number of amides is 1. The second kappa shape index (κ2) is 7.86. The fraction of sp³-hybridized carbons (Fsp3) is 0.500. The number of nitrogens with zero attached hydrogens (tertiary/aromatic N) is 1. The summed E-state index contributed by atoms with van der Waals surface area (Å²) in [6.45, 7) is 6.29. The van der Waals surface area contributed by atoms with Crippen LogP contribution in [0.25, 0.3) is 0 Å². The molecule has 1 aromatic rings. The molecule has 1 N–H and O–H groups in total. The van der Waals surface area contributed by atoms with E-state index in [1.165, 1.54) is 0 Å². The predicted octanol–water partition coefficient (Wildman–Crippen LogP) is 2.46. The Morgan fingerprint density at radius 1 is 1.45 bits per heavy atom. The number of ether oxygens (including phenoxy) is 1. The van der Waals surface area contributed by atoms with Crippen LogP contribution >= 0.6 is 28.3 Å². The second-order valence-electron chi connectivity index (χ2n) is 4.80. The van der Waals surface area contributed by atoms with Gasteiger partial charge in [-0.15, -0.1) is 12.4 Å². The number of hydrogen-bond acceptors (Lipinski definition) is 3. The van der Waals surface area contributed by atoms with Crippen LogP contribution in [-0.4, -0.2) is 42.6 Å². The second-order valence-corrected chi connectivity index (χ2v) is 5.71. The molecule has 1 amide bonds. The Balaban J connectivity index is 0.00000200. The highest BCUT2D eigenvalue weighted by Gasteiger charge is 2.27. The number of halogens is 2. The quantitative estimate of drug-likeness (QED) is 0.897. The third-order valence-corrected chi connectivity index (χ3v) is 3.79. The largest absolute Gasteiger partial charge is 0.481 e. The maximum absolute atomic E-state index is 12.3. The first kappa shape index (κ1) is 17.3. The Morgan fingerprint density at radius 3 is 2.70 bits per heavy atom. The molecule has 1 fully saturated rings. The summed E-state index contributed by atoms with van der Waals surface area (Å²) in [5, 5.41) is 3.27. The Hall–Kier alpha value is -0.780. The molecule has 2 atom stereocenters. The minimum Gasteiger partial charge on any atom is -0.481 e. The van der Waals surface area contributed by atoms with E-state index in [-0.39, 0.29) is 24.4 Å². The van der Waals surface area contributed by atoms with Crippen LogP contribution in [0.3, 0.4) is 0 Å². The third kappa shape index (κ3) is 4.36. The molecule has 0 aliphatic carbocycles. The van der Waals surface area contributed by atoms with E-state index >= 15 is 0 Å². The standard InChI is InChI=1S/C14H19BrN2O2.ClH/c1-10-9-16-7-8-17(10)14(18)11(2)19-13-5-3-12(15)4-6-13;/h3-6,10-11,16H,7-9H2,1-2H3;1H.